The first-order valence-corrected chi connectivity index (χ1v) is 6.69. The molecule has 1 amide bonds. The van der Waals surface area contributed by atoms with Gasteiger partial charge in [0.05, 0.1) is 0 Å². The Morgan fingerprint density at radius 1 is 1.32 bits per heavy atom. The molecule has 2 rings (SSSR count). The number of carbonyl (C=O) groups is 1. The summed E-state index contributed by atoms with van der Waals surface area (Å²) in [6, 6.07) is 3.99. The summed E-state index contributed by atoms with van der Waals surface area (Å²) in [6.45, 7) is 0. The maximum atomic E-state index is 13.2. The second-order valence-electron chi connectivity index (χ2n) is 4.72. The molecule has 1 aliphatic rings. The molecule has 0 aliphatic heterocycles. The molecule has 0 N–H and O–H groups in total. The number of rotatable bonds is 3. The Morgan fingerprint density at radius 2 is 1.84 bits per heavy atom. The molecule has 19 heavy (non-hydrogen) atoms. The van der Waals surface area contributed by atoms with E-state index in [0.29, 0.717) is 17.3 Å². The fourth-order valence-electron chi connectivity index (χ4n) is 2.02. The van der Waals surface area contributed by atoms with E-state index in [1.165, 1.54) is 19.2 Å². The molecule has 0 radical (unpaired) electrons. The Kier molecular flexibility index (Phi) is 3.90. The Labute approximate surface area is 117 Å². The van der Waals surface area contributed by atoms with Crippen LogP contribution in [-0.2, 0) is 4.79 Å². The molecule has 1 fully saturated rings. The molecule has 0 aromatic heterocycles. The molecule has 6 heteroatoms. The average molecular weight is 336 g/mol. The first kappa shape index (κ1) is 14.4. The van der Waals surface area contributed by atoms with Crippen LogP contribution >= 0.6 is 15.9 Å². The third kappa shape index (κ3) is 3.29. The summed E-state index contributed by atoms with van der Waals surface area (Å²) >= 11 is 3.18. The van der Waals surface area contributed by atoms with E-state index >= 15 is 0 Å². The van der Waals surface area contributed by atoms with Crippen LogP contribution in [0.15, 0.2) is 28.7 Å². The minimum absolute atomic E-state index is 0.0761. The number of nitrogens with zero attached hydrogens (tertiary/aromatic N) is 1. The predicted octanol–water partition coefficient (Wildman–Crippen LogP) is 3.92. The van der Waals surface area contributed by atoms with Crippen LogP contribution in [0.2, 0.25) is 0 Å². The van der Waals surface area contributed by atoms with E-state index in [-0.39, 0.29) is 11.5 Å². The second kappa shape index (κ2) is 5.15. The largest absolute Gasteiger partial charge is 0.413 e. The standard InChI is InChI=1S/C13H13BrF3NO/c1-18(12(19)9-2-3-9)11(13(15,16)17)8-4-6-10(14)7-5-8/h4-7,9,11H,2-3H2,1H3/t11-/m0/s1. The second-order valence-corrected chi connectivity index (χ2v) is 5.63. The van der Waals surface area contributed by atoms with Crippen molar-refractivity contribution in [3.05, 3.63) is 34.3 Å². The molecule has 0 saturated heterocycles. The molecule has 1 atom stereocenters. The van der Waals surface area contributed by atoms with Gasteiger partial charge in [0.2, 0.25) is 5.91 Å². The molecule has 1 aromatic rings. The van der Waals surface area contributed by atoms with Gasteiger partial charge in [-0.3, -0.25) is 4.79 Å². The van der Waals surface area contributed by atoms with Crippen molar-refractivity contribution in [2.45, 2.75) is 25.1 Å². The molecule has 2 nitrogen and oxygen atoms in total. The van der Waals surface area contributed by atoms with Crippen LogP contribution in [0.5, 0.6) is 0 Å². The van der Waals surface area contributed by atoms with Crippen LogP contribution in [0, 0.1) is 5.92 Å². The first-order chi connectivity index (χ1) is 8.80. The molecule has 0 unspecified atom stereocenters. The quantitative estimate of drug-likeness (QED) is 0.819. The molecule has 1 aliphatic carbocycles. The molecule has 0 bridgehead atoms. The van der Waals surface area contributed by atoms with E-state index in [2.05, 4.69) is 15.9 Å². The average Bonchev–Trinajstić information content (AvgIpc) is 3.13. The van der Waals surface area contributed by atoms with Gasteiger partial charge in [-0.05, 0) is 30.5 Å². The fraction of sp³-hybridized carbons (Fsp3) is 0.462. The van der Waals surface area contributed by atoms with Crippen molar-refractivity contribution in [2.24, 2.45) is 5.92 Å². The summed E-state index contributed by atoms with van der Waals surface area (Å²) in [5.74, 6) is -0.657. The summed E-state index contributed by atoms with van der Waals surface area (Å²) in [5.41, 5.74) is 0.0761. The number of hydrogen-bond acceptors (Lipinski definition) is 1. The zero-order valence-corrected chi connectivity index (χ0v) is 11.8. The zero-order valence-electron chi connectivity index (χ0n) is 10.2. The van der Waals surface area contributed by atoms with Crippen LogP contribution in [0.25, 0.3) is 0 Å². The smallest absolute Gasteiger partial charge is 0.330 e. The van der Waals surface area contributed by atoms with Gasteiger partial charge in [0.25, 0.3) is 0 Å². The van der Waals surface area contributed by atoms with E-state index in [0.717, 1.165) is 4.90 Å². The Hall–Kier alpha value is -1.04. The van der Waals surface area contributed by atoms with E-state index in [4.69, 9.17) is 0 Å². The molecule has 104 valence electrons. The molecule has 1 aromatic carbocycles. The van der Waals surface area contributed by atoms with Crippen molar-refractivity contribution >= 4 is 21.8 Å². The van der Waals surface area contributed by atoms with Crippen molar-refractivity contribution in [3.63, 3.8) is 0 Å². The number of amides is 1. The van der Waals surface area contributed by atoms with Crippen molar-refractivity contribution in [2.75, 3.05) is 7.05 Å². The highest BCUT2D eigenvalue weighted by Crippen LogP contribution is 2.40. The Balaban J connectivity index is 2.30. The van der Waals surface area contributed by atoms with E-state index < -0.39 is 18.1 Å². The lowest BCUT2D eigenvalue weighted by atomic mass is 10.0. The lowest BCUT2D eigenvalue weighted by molar-refractivity contribution is -0.189. The third-order valence-corrected chi connectivity index (χ3v) is 3.69. The van der Waals surface area contributed by atoms with E-state index in [9.17, 15) is 18.0 Å². The van der Waals surface area contributed by atoms with E-state index in [1.807, 2.05) is 0 Å². The fourth-order valence-corrected chi connectivity index (χ4v) is 2.29. The molecule has 1 saturated carbocycles. The van der Waals surface area contributed by atoms with Crippen molar-refractivity contribution < 1.29 is 18.0 Å². The van der Waals surface area contributed by atoms with Crippen LogP contribution in [0.4, 0.5) is 13.2 Å². The Morgan fingerprint density at radius 3 is 2.26 bits per heavy atom. The van der Waals surface area contributed by atoms with Crippen molar-refractivity contribution in [1.29, 1.82) is 0 Å². The maximum Gasteiger partial charge on any atom is 0.413 e. The monoisotopic (exact) mass is 335 g/mol. The summed E-state index contributed by atoms with van der Waals surface area (Å²) < 4.78 is 40.3. The first-order valence-electron chi connectivity index (χ1n) is 5.89. The highest BCUT2D eigenvalue weighted by atomic mass is 79.9. The van der Waals surface area contributed by atoms with Crippen molar-refractivity contribution in [3.8, 4) is 0 Å². The summed E-state index contributed by atoms with van der Waals surface area (Å²) in [4.78, 5) is 12.7. The summed E-state index contributed by atoms with van der Waals surface area (Å²) in [6.07, 6.45) is -3.10. The maximum absolute atomic E-state index is 13.2. The molecule has 0 heterocycles. The Bertz CT molecular complexity index is 468. The molecular formula is C13H13BrF3NO. The lowest BCUT2D eigenvalue weighted by Crippen LogP contribution is -2.40. The van der Waals surface area contributed by atoms with Crippen LogP contribution < -0.4 is 0 Å². The van der Waals surface area contributed by atoms with Gasteiger partial charge in [0, 0.05) is 17.4 Å². The zero-order chi connectivity index (χ0) is 14.2. The van der Waals surface area contributed by atoms with Gasteiger partial charge in [-0.15, -0.1) is 0 Å². The van der Waals surface area contributed by atoms with E-state index in [1.54, 1.807) is 12.1 Å². The van der Waals surface area contributed by atoms with Gasteiger partial charge in [0.1, 0.15) is 0 Å². The highest BCUT2D eigenvalue weighted by molar-refractivity contribution is 9.10. The number of carbonyl (C=O) groups excluding carboxylic acids is 1. The lowest BCUT2D eigenvalue weighted by Gasteiger charge is -2.30. The molecular weight excluding hydrogens is 323 g/mol. The van der Waals surface area contributed by atoms with Gasteiger partial charge in [-0.25, -0.2) is 0 Å². The summed E-state index contributed by atoms with van der Waals surface area (Å²) in [5, 5.41) is 0. The van der Waals surface area contributed by atoms with Gasteiger partial charge in [-0.2, -0.15) is 13.2 Å². The van der Waals surface area contributed by atoms with Crippen molar-refractivity contribution in [1.82, 2.24) is 4.90 Å². The normalized spacial score (nSPS) is 17.1. The third-order valence-electron chi connectivity index (χ3n) is 3.16. The van der Waals surface area contributed by atoms with Gasteiger partial charge in [-0.1, -0.05) is 28.1 Å². The van der Waals surface area contributed by atoms with Gasteiger partial charge < -0.3 is 4.90 Å². The van der Waals surface area contributed by atoms with Crippen LogP contribution in [0.3, 0.4) is 0 Å². The highest BCUT2D eigenvalue weighted by Gasteiger charge is 2.47. The minimum Gasteiger partial charge on any atom is -0.330 e. The van der Waals surface area contributed by atoms with Crippen LogP contribution in [0.1, 0.15) is 24.4 Å². The topological polar surface area (TPSA) is 20.3 Å². The summed E-state index contributed by atoms with van der Waals surface area (Å²) in [7, 11) is 1.22. The van der Waals surface area contributed by atoms with Gasteiger partial charge in [0.15, 0.2) is 6.04 Å². The van der Waals surface area contributed by atoms with Crippen LogP contribution in [-0.4, -0.2) is 24.0 Å². The minimum atomic E-state index is -4.48. The SMILES string of the molecule is CN(C(=O)C1CC1)[C@@H](c1ccc(Br)cc1)C(F)(F)F. The predicted molar refractivity (Wildman–Crippen MR) is 68.4 cm³/mol. The number of hydrogen-bond donors (Lipinski definition) is 0. The number of benzene rings is 1. The number of halogens is 4. The number of alkyl halides is 3. The van der Waals surface area contributed by atoms with Gasteiger partial charge >= 0.3 is 6.18 Å². The molecule has 0 spiro atoms.